The van der Waals surface area contributed by atoms with Gasteiger partial charge in [0.2, 0.25) is 5.91 Å². The summed E-state index contributed by atoms with van der Waals surface area (Å²) in [6.45, 7) is 3.03. The van der Waals surface area contributed by atoms with Gasteiger partial charge in [-0.3, -0.25) is 9.59 Å². The molecule has 0 atom stereocenters. The second kappa shape index (κ2) is 5.48. The van der Waals surface area contributed by atoms with Gasteiger partial charge in [-0.2, -0.15) is 0 Å². The summed E-state index contributed by atoms with van der Waals surface area (Å²) in [5, 5.41) is 2.82. The number of carbonyl (C=O) groups is 2. The molecule has 1 N–H and O–H groups in total. The lowest BCUT2D eigenvalue weighted by Gasteiger charge is -2.09. The third-order valence-corrected chi connectivity index (χ3v) is 3.56. The van der Waals surface area contributed by atoms with E-state index in [4.69, 9.17) is 0 Å². The largest absolute Gasteiger partial charge is 0.326 e. The minimum atomic E-state index is -0.138. The van der Waals surface area contributed by atoms with E-state index in [0.717, 1.165) is 16.6 Å². The zero-order valence-electron chi connectivity index (χ0n) is 12.5. The van der Waals surface area contributed by atoms with Gasteiger partial charge in [-0.05, 0) is 25.1 Å². The van der Waals surface area contributed by atoms with E-state index in [1.165, 1.54) is 6.92 Å². The molecule has 0 saturated carbocycles. The molecular formula is C18H16N2O2. The van der Waals surface area contributed by atoms with Crippen molar-refractivity contribution in [2.45, 2.75) is 13.8 Å². The van der Waals surface area contributed by atoms with Crippen LogP contribution < -0.4 is 5.32 Å². The molecule has 4 nitrogen and oxygen atoms in total. The highest BCUT2D eigenvalue weighted by Crippen LogP contribution is 2.34. The molecule has 2 aromatic heterocycles. The van der Waals surface area contributed by atoms with Crippen LogP contribution in [0.3, 0.4) is 0 Å². The number of nitrogens with one attached hydrogen (secondary N) is 1. The summed E-state index contributed by atoms with van der Waals surface area (Å²) in [4.78, 5) is 23.6. The Bertz CT molecular complexity index is 878. The number of pyridine rings is 1. The van der Waals surface area contributed by atoms with Crippen molar-refractivity contribution in [2.75, 3.05) is 5.32 Å². The van der Waals surface area contributed by atoms with Crippen molar-refractivity contribution in [2.24, 2.45) is 0 Å². The second-order valence-electron chi connectivity index (χ2n) is 5.19. The predicted molar refractivity (Wildman–Crippen MR) is 87.1 cm³/mol. The highest BCUT2D eigenvalue weighted by atomic mass is 16.1. The van der Waals surface area contributed by atoms with E-state index in [1.54, 1.807) is 6.92 Å². The number of ketones is 1. The first-order valence-electron chi connectivity index (χ1n) is 7.05. The van der Waals surface area contributed by atoms with Gasteiger partial charge < -0.3 is 9.72 Å². The van der Waals surface area contributed by atoms with Crippen LogP contribution in [-0.2, 0) is 4.79 Å². The number of Topliss-reactive ketones (excluding diaryl/α,β-unsaturated/α-hetero) is 1. The molecule has 3 rings (SSSR count). The minimum Gasteiger partial charge on any atom is -0.326 e. The molecule has 0 radical (unpaired) electrons. The number of para-hydroxylation sites is 1. The molecule has 3 aromatic rings. The lowest BCUT2D eigenvalue weighted by atomic mass is 9.99. The smallest absolute Gasteiger partial charge is 0.221 e. The molecule has 0 saturated heterocycles. The van der Waals surface area contributed by atoms with Crippen LogP contribution in [0.5, 0.6) is 0 Å². The molecular weight excluding hydrogens is 276 g/mol. The molecule has 110 valence electrons. The molecule has 0 spiro atoms. The molecule has 22 heavy (non-hydrogen) atoms. The topological polar surface area (TPSA) is 50.6 Å². The van der Waals surface area contributed by atoms with Crippen LogP contribution in [0.15, 0.2) is 54.9 Å². The third kappa shape index (κ3) is 2.39. The predicted octanol–water partition coefficient (Wildman–Crippen LogP) is 3.77. The van der Waals surface area contributed by atoms with Crippen LogP contribution >= 0.6 is 0 Å². The van der Waals surface area contributed by atoms with Crippen molar-refractivity contribution in [1.29, 1.82) is 0 Å². The monoisotopic (exact) mass is 292 g/mol. The van der Waals surface area contributed by atoms with Gasteiger partial charge in [0, 0.05) is 36.1 Å². The first-order chi connectivity index (χ1) is 10.6. The second-order valence-corrected chi connectivity index (χ2v) is 5.19. The highest BCUT2D eigenvalue weighted by molar-refractivity contribution is 6.09. The van der Waals surface area contributed by atoms with E-state index in [2.05, 4.69) is 5.32 Å². The van der Waals surface area contributed by atoms with Gasteiger partial charge in [0.1, 0.15) is 0 Å². The number of amides is 1. The Morgan fingerprint density at radius 3 is 2.41 bits per heavy atom. The fraction of sp³-hybridized carbons (Fsp3) is 0.111. The Balaban J connectivity index is 2.29. The average molecular weight is 292 g/mol. The van der Waals surface area contributed by atoms with E-state index in [0.29, 0.717) is 11.3 Å². The number of anilines is 1. The van der Waals surface area contributed by atoms with Crippen LogP contribution in [-0.4, -0.2) is 16.1 Å². The Morgan fingerprint density at radius 1 is 0.955 bits per heavy atom. The number of hydrogen-bond donors (Lipinski definition) is 1. The molecule has 4 heteroatoms. The molecule has 0 aliphatic rings. The Kier molecular flexibility index (Phi) is 3.51. The first-order valence-corrected chi connectivity index (χ1v) is 7.05. The quantitative estimate of drug-likeness (QED) is 0.747. The third-order valence-electron chi connectivity index (χ3n) is 3.56. The number of aromatic nitrogens is 1. The van der Waals surface area contributed by atoms with Crippen LogP contribution in [0.25, 0.3) is 16.6 Å². The average Bonchev–Trinajstić information content (AvgIpc) is 2.86. The van der Waals surface area contributed by atoms with Crippen molar-refractivity contribution in [1.82, 2.24) is 4.40 Å². The van der Waals surface area contributed by atoms with Crippen molar-refractivity contribution in [3.63, 3.8) is 0 Å². The molecule has 0 unspecified atom stereocenters. The lowest BCUT2D eigenvalue weighted by molar-refractivity contribution is -0.114. The molecule has 1 aromatic carbocycles. The maximum atomic E-state index is 12.1. The molecule has 2 heterocycles. The maximum Gasteiger partial charge on any atom is 0.221 e. The molecule has 0 bridgehead atoms. The Labute approximate surface area is 128 Å². The summed E-state index contributed by atoms with van der Waals surface area (Å²) in [6, 6.07) is 13.2. The van der Waals surface area contributed by atoms with Gasteiger partial charge in [0.25, 0.3) is 0 Å². The normalized spacial score (nSPS) is 10.6. The van der Waals surface area contributed by atoms with Gasteiger partial charge in [-0.1, -0.05) is 24.3 Å². The number of rotatable bonds is 3. The fourth-order valence-electron chi connectivity index (χ4n) is 2.71. The molecule has 0 aliphatic carbocycles. The summed E-state index contributed by atoms with van der Waals surface area (Å²) in [5.41, 5.74) is 3.89. The highest BCUT2D eigenvalue weighted by Gasteiger charge is 2.18. The maximum absolute atomic E-state index is 12.1. The summed E-state index contributed by atoms with van der Waals surface area (Å²) in [5.74, 6) is -0.137. The van der Waals surface area contributed by atoms with Gasteiger partial charge in [-0.15, -0.1) is 0 Å². The number of nitrogens with zero attached hydrogens (tertiary/aromatic N) is 1. The summed E-state index contributed by atoms with van der Waals surface area (Å²) < 4.78 is 1.93. The van der Waals surface area contributed by atoms with Crippen molar-refractivity contribution < 1.29 is 9.59 Å². The van der Waals surface area contributed by atoms with Crippen LogP contribution in [0, 0.1) is 0 Å². The number of benzene rings is 1. The number of fused-ring (bicyclic) bond motifs is 1. The van der Waals surface area contributed by atoms with Gasteiger partial charge in [-0.25, -0.2) is 0 Å². The van der Waals surface area contributed by atoms with Crippen molar-refractivity contribution >= 4 is 22.9 Å². The van der Waals surface area contributed by atoms with Crippen molar-refractivity contribution in [3.8, 4) is 11.1 Å². The van der Waals surface area contributed by atoms with Gasteiger partial charge in [0.05, 0.1) is 11.1 Å². The van der Waals surface area contributed by atoms with Gasteiger partial charge in [0.15, 0.2) is 5.78 Å². The summed E-state index contributed by atoms with van der Waals surface area (Å²) >= 11 is 0. The van der Waals surface area contributed by atoms with E-state index >= 15 is 0 Å². The zero-order chi connectivity index (χ0) is 15.7. The number of hydrogen-bond acceptors (Lipinski definition) is 2. The molecule has 0 fully saturated rings. The number of carbonyl (C=O) groups excluding carboxylic acids is 2. The van der Waals surface area contributed by atoms with E-state index in [9.17, 15) is 9.59 Å². The SMILES string of the molecule is CC(=O)Nc1ccccc1-c1cn2ccccc2c1C(C)=O. The zero-order valence-corrected chi connectivity index (χ0v) is 12.5. The lowest BCUT2D eigenvalue weighted by Crippen LogP contribution is -2.07. The standard InChI is InChI=1S/C18H16N2O2/c1-12(21)18-15(11-20-10-6-5-9-17(18)20)14-7-3-4-8-16(14)19-13(2)22/h3-11H,1-2H3,(H,19,22). The summed E-state index contributed by atoms with van der Waals surface area (Å²) in [7, 11) is 0. The fourth-order valence-corrected chi connectivity index (χ4v) is 2.71. The van der Waals surface area contributed by atoms with E-state index < -0.39 is 0 Å². The van der Waals surface area contributed by atoms with Crippen molar-refractivity contribution in [3.05, 3.63) is 60.4 Å². The minimum absolute atomic E-state index is 0.00123. The van der Waals surface area contributed by atoms with Crippen LogP contribution in [0.4, 0.5) is 5.69 Å². The Hall–Kier alpha value is -2.88. The first kappa shape index (κ1) is 14.1. The Morgan fingerprint density at radius 2 is 1.68 bits per heavy atom. The summed E-state index contributed by atoms with van der Waals surface area (Å²) in [6.07, 6.45) is 3.83. The van der Waals surface area contributed by atoms with Crippen LogP contribution in [0.1, 0.15) is 24.2 Å². The van der Waals surface area contributed by atoms with E-state index in [-0.39, 0.29) is 11.7 Å². The molecule has 0 aliphatic heterocycles. The van der Waals surface area contributed by atoms with Crippen LogP contribution in [0.2, 0.25) is 0 Å². The van der Waals surface area contributed by atoms with E-state index in [1.807, 2.05) is 59.3 Å². The molecule has 1 amide bonds. The van der Waals surface area contributed by atoms with Gasteiger partial charge >= 0.3 is 0 Å².